The first-order chi connectivity index (χ1) is 9.24. The van der Waals surface area contributed by atoms with Crippen molar-refractivity contribution in [1.82, 2.24) is 10.3 Å². The summed E-state index contributed by atoms with van der Waals surface area (Å²) in [6.45, 7) is 6.32. The van der Waals surface area contributed by atoms with Crippen molar-refractivity contribution < 1.29 is 0 Å². The number of nitrogens with zero attached hydrogens (tertiary/aromatic N) is 3. The van der Waals surface area contributed by atoms with Crippen LogP contribution in [-0.4, -0.2) is 31.2 Å². The Morgan fingerprint density at radius 3 is 3.05 bits per heavy atom. The molecule has 0 radical (unpaired) electrons. The minimum atomic E-state index is 0.338. The molecule has 1 aliphatic heterocycles. The van der Waals surface area contributed by atoms with Gasteiger partial charge in [-0.25, -0.2) is 4.98 Å². The molecule has 104 valence electrons. The predicted molar refractivity (Wildman–Crippen MR) is 79.9 cm³/mol. The van der Waals surface area contributed by atoms with Crippen LogP contribution in [0.25, 0.3) is 0 Å². The zero-order chi connectivity index (χ0) is 13.7. The monoisotopic (exact) mass is 298 g/mol. The third-order valence-corrected chi connectivity index (χ3v) is 4.72. The summed E-state index contributed by atoms with van der Waals surface area (Å²) < 4.78 is 0. The average molecular weight is 299 g/mol. The van der Waals surface area contributed by atoms with Crippen molar-refractivity contribution in [3.63, 3.8) is 0 Å². The van der Waals surface area contributed by atoms with Crippen LogP contribution in [0, 0.1) is 17.2 Å². The maximum atomic E-state index is 8.97. The van der Waals surface area contributed by atoms with Gasteiger partial charge in [0.2, 0.25) is 0 Å². The maximum Gasteiger partial charge on any atom is 0.188 e. The van der Waals surface area contributed by atoms with Crippen LogP contribution < -0.4 is 10.2 Å². The van der Waals surface area contributed by atoms with Crippen LogP contribution in [0.2, 0.25) is 5.15 Å². The van der Waals surface area contributed by atoms with E-state index < -0.39 is 0 Å². The van der Waals surface area contributed by atoms with Gasteiger partial charge in [0.1, 0.15) is 10.9 Å². The number of piperidine rings is 1. The Morgan fingerprint density at radius 2 is 2.47 bits per heavy atom. The fourth-order valence-corrected chi connectivity index (χ4v) is 3.50. The molecule has 0 spiro atoms. The summed E-state index contributed by atoms with van der Waals surface area (Å²) in [6, 6.07) is 2.10. The Balaban J connectivity index is 2.07. The van der Waals surface area contributed by atoms with Gasteiger partial charge >= 0.3 is 0 Å². The molecule has 1 atom stereocenters. The molecule has 0 aliphatic carbocycles. The number of rotatable bonds is 5. The van der Waals surface area contributed by atoms with Crippen molar-refractivity contribution in [3.8, 4) is 6.07 Å². The van der Waals surface area contributed by atoms with Crippen LogP contribution in [-0.2, 0) is 0 Å². The Morgan fingerprint density at radius 1 is 1.63 bits per heavy atom. The van der Waals surface area contributed by atoms with Crippen LogP contribution in [0.4, 0.5) is 5.13 Å². The lowest BCUT2D eigenvalue weighted by Gasteiger charge is -2.29. The molecule has 0 aromatic carbocycles. The Bertz CT molecular complexity index is 448. The summed E-state index contributed by atoms with van der Waals surface area (Å²) >= 11 is 7.37. The highest BCUT2D eigenvalue weighted by Gasteiger charge is 2.20. The van der Waals surface area contributed by atoms with E-state index in [1.165, 1.54) is 24.2 Å². The number of aromatic nitrogens is 1. The highest BCUT2D eigenvalue weighted by Crippen LogP contribution is 2.30. The molecule has 2 rings (SSSR count). The molecule has 0 saturated carbocycles. The molecule has 1 aliphatic rings. The molecule has 0 amide bonds. The van der Waals surface area contributed by atoms with E-state index in [1.54, 1.807) is 0 Å². The van der Waals surface area contributed by atoms with Crippen molar-refractivity contribution in [2.45, 2.75) is 26.2 Å². The molecule has 1 saturated heterocycles. The largest absolute Gasteiger partial charge is 0.348 e. The summed E-state index contributed by atoms with van der Waals surface area (Å²) in [4.78, 5) is 7.12. The summed E-state index contributed by atoms with van der Waals surface area (Å²) in [5.41, 5.74) is 0. The third kappa shape index (κ3) is 3.82. The highest BCUT2D eigenvalue weighted by molar-refractivity contribution is 7.16. The SMILES string of the molecule is CCCN(CC1CCCNC1)c1nc(Cl)c(C#N)s1. The molecule has 2 heterocycles. The van der Waals surface area contributed by atoms with Crippen LogP contribution in [0.1, 0.15) is 31.1 Å². The second kappa shape index (κ2) is 7.09. The molecule has 6 heteroatoms. The maximum absolute atomic E-state index is 8.97. The zero-order valence-electron chi connectivity index (χ0n) is 11.2. The number of hydrogen-bond acceptors (Lipinski definition) is 5. The van der Waals surface area contributed by atoms with Gasteiger partial charge in [-0.3, -0.25) is 0 Å². The summed E-state index contributed by atoms with van der Waals surface area (Å²) in [7, 11) is 0. The standard InChI is InChI=1S/C13H19ClN4S/c1-2-6-18(9-10-4-3-5-16-8-10)13-17-12(14)11(7-15)19-13/h10,16H,2-6,8-9H2,1H3. The van der Waals surface area contributed by atoms with E-state index in [0.29, 0.717) is 15.9 Å². The number of halogens is 1. The molecule has 1 aromatic heterocycles. The van der Waals surface area contributed by atoms with Crippen molar-refractivity contribution in [2.75, 3.05) is 31.1 Å². The predicted octanol–water partition coefficient (Wildman–Crippen LogP) is 2.88. The highest BCUT2D eigenvalue weighted by atomic mass is 35.5. The van der Waals surface area contributed by atoms with Crippen LogP contribution in [0.3, 0.4) is 0 Å². The molecule has 0 bridgehead atoms. The summed E-state index contributed by atoms with van der Waals surface area (Å²) in [5, 5.41) is 13.6. The third-order valence-electron chi connectivity index (χ3n) is 3.32. The second-order valence-corrected chi connectivity index (χ2v) is 6.22. The second-order valence-electron chi connectivity index (χ2n) is 4.89. The molecule has 19 heavy (non-hydrogen) atoms. The van der Waals surface area contributed by atoms with Gasteiger partial charge in [-0.1, -0.05) is 29.9 Å². The quantitative estimate of drug-likeness (QED) is 0.908. The number of thiazole rings is 1. The number of nitriles is 1. The van der Waals surface area contributed by atoms with Crippen molar-refractivity contribution >= 4 is 28.1 Å². The lowest BCUT2D eigenvalue weighted by Crippen LogP contribution is -2.38. The zero-order valence-corrected chi connectivity index (χ0v) is 12.7. The van der Waals surface area contributed by atoms with E-state index in [1.807, 2.05) is 0 Å². The van der Waals surface area contributed by atoms with Gasteiger partial charge in [0.05, 0.1) is 0 Å². The van der Waals surface area contributed by atoms with Gasteiger partial charge in [0.15, 0.2) is 10.3 Å². The summed E-state index contributed by atoms with van der Waals surface area (Å²) in [6.07, 6.45) is 3.57. The molecule has 1 fully saturated rings. The van der Waals surface area contributed by atoms with Gasteiger partial charge < -0.3 is 10.2 Å². The van der Waals surface area contributed by atoms with Gasteiger partial charge in [0.25, 0.3) is 0 Å². The number of anilines is 1. The topological polar surface area (TPSA) is 52.0 Å². The number of nitrogens with one attached hydrogen (secondary N) is 1. The van der Waals surface area contributed by atoms with E-state index >= 15 is 0 Å². The summed E-state index contributed by atoms with van der Waals surface area (Å²) in [5.74, 6) is 0.661. The lowest BCUT2D eigenvalue weighted by molar-refractivity contribution is 0.376. The minimum Gasteiger partial charge on any atom is -0.348 e. The van der Waals surface area contributed by atoms with E-state index in [0.717, 1.165) is 37.7 Å². The van der Waals surface area contributed by atoms with Crippen molar-refractivity contribution in [3.05, 3.63) is 10.0 Å². The normalized spacial score (nSPS) is 19.1. The number of hydrogen-bond donors (Lipinski definition) is 1. The van der Waals surface area contributed by atoms with Crippen LogP contribution in [0.5, 0.6) is 0 Å². The van der Waals surface area contributed by atoms with Gasteiger partial charge in [-0.05, 0) is 38.3 Å². The fourth-order valence-electron chi connectivity index (χ4n) is 2.42. The van der Waals surface area contributed by atoms with E-state index in [-0.39, 0.29) is 0 Å². The fraction of sp³-hybridized carbons (Fsp3) is 0.692. The van der Waals surface area contributed by atoms with Gasteiger partial charge in [-0.15, -0.1) is 0 Å². The lowest BCUT2D eigenvalue weighted by atomic mass is 9.99. The van der Waals surface area contributed by atoms with E-state index in [4.69, 9.17) is 16.9 Å². The Labute approximate surface area is 123 Å². The first-order valence-electron chi connectivity index (χ1n) is 6.76. The molecule has 1 aromatic rings. The molecular formula is C13H19ClN4S. The molecule has 4 nitrogen and oxygen atoms in total. The minimum absolute atomic E-state index is 0.338. The van der Waals surface area contributed by atoms with Crippen molar-refractivity contribution in [2.24, 2.45) is 5.92 Å². The molecule has 1 N–H and O–H groups in total. The van der Waals surface area contributed by atoms with Crippen LogP contribution in [0.15, 0.2) is 0 Å². The Kier molecular flexibility index (Phi) is 5.44. The first kappa shape index (κ1) is 14.6. The van der Waals surface area contributed by atoms with Crippen LogP contribution >= 0.6 is 22.9 Å². The Hall–Kier alpha value is -0.830. The van der Waals surface area contributed by atoms with Gasteiger partial charge in [-0.2, -0.15) is 5.26 Å². The first-order valence-corrected chi connectivity index (χ1v) is 7.96. The van der Waals surface area contributed by atoms with Gasteiger partial charge in [0, 0.05) is 13.1 Å². The van der Waals surface area contributed by atoms with E-state index in [2.05, 4.69) is 28.2 Å². The average Bonchev–Trinajstić information content (AvgIpc) is 2.81. The van der Waals surface area contributed by atoms with E-state index in [9.17, 15) is 0 Å². The smallest absolute Gasteiger partial charge is 0.188 e. The molecule has 1 unspecified atom stereocenters. The molecular weight excluding hydrogens is 280 g/mol. The van der Waals surface area contributed by atoms with Crippen molar-refractivity contribution in [1.29, 1.82) is 5.26 Å².